The Bertz CT molecular complexity index is 536. The van der Waals surface area contributed by atoms with Crippen LogP contribution in [-0.4, -0.2) is 56.4 Å². The molecule has 0 aromatic rings. The van der Waals surface area contributed by atoms with E-state index in [4.69, 9.17) is 4.74 Å². The number of hydrogen-bond acceptors (Lipinski definition) is 5. The van der Waals surface area contributed by atoms with Crippen LogP contribution in [0.4, 0.5) is 4.79 Å². The Morgan fingerprint density at radius 3 is 2.73 bits per heavy atom. The smallest absolute Gasteiger partial charge is 0.410 e. The lowest BCUT2D eigenvalue weighted by Crippen LogP contribution is -2.46. The number of rotatable bonds is 3. The first-order valence-electron chi connectivity index (χ1n) is 7.77. The number of hydrogen-bond donors (Lipinski definition) is 1. The number of amides is 1. The van der Waals surface area contributed by atoms with Gasteiger partial charge in [0.2, 0.25) is 0 Å². The van der Waals surface area contributed by atoms with Gasteiger partial charge in [0.25, 0.3) is 0 Å². The fraction of sp³-hybridized carbons (Fsp3) is 0.800. The summed E-state index contributed by atoms with van der Waals surface area (Å²) < 4.78 is 28.1. The second kappa shape index (κ2) is 6.58. The predicted octanol–water partition coefficient (Wildman–Crippen LogP) is 1.53. The molecule has 0 bridgehead atoms. The number of nitrogens with one attached hydrogen (secondary N) is 1. The standard InChI is InChI=1S/C15H26N2O4S/c1-15(2,3)21-14(18)17-7-4-5-12(10-17)9-16-13-6-8-22(19,20)11-13/h6,8,12-13,16H,4-5,7,9-11H2,1-3H3. The highest BCUT2D eigenvalue weighted by Gasteiger charge is 2.28. The zero-order valence-electron chi connectivity index (χ0n) is 13.5. The third-order valence-electron chi connectivity index (χ3n) is 3.77. The SMILES string of the molecule is CC(C)(C)OC(=O)N1CCCC(CNC2C=CS(=O)(=O)C2)C1. The largest absolute Gasteiger partial charge is 0.444 e. The molecule has 0 aliphatic carbocycles. The van der Waals surface area contributed by atoms with Gasteiger partial charge < -0.3 is 15.0 Å². The summed E-state index contributed by atoms with van der Waals surface area (Å²) in [4.78, 5) is 13.9. The van der Waals surface area contributed by atoms with Crippen LogP contribution in [0.1, 0.15) is 33.6 Å². The third kappa shape index (κ3) is 5.28. The van der Waals surface area contributed by atoms with Crippen molar-refractivity contribution < 1.29 is 17.9 Å². The average Bonchev–Trinajstić information content (AvgIpc) is 2.74. The first-order valence-corrected chi connectivity index (χ1v) is 9.48. The minimum atomic E-state index is -3.02. The van der Waals surface area contributed by atoms with Gasteiger partial charge in [0.1, 0.15) is 5.60 Å². The van der Waals surface area contributed by atoms with Crippen molar-refractivity contribution >= 4 is 15.9 Å². The first-order chi connectivity index (χ1) is 10.1. The summed E-state index contributed by atoms with van der Waals surface area (Å²) in [5.41, 5.74) is -0.481. The molecule has 1 fully saturated rings. The van der Waals surface area contributed by atoms with E-state index in [9.17, 15) is 13.2 Å². The van der Waals surface area contributed by atoms with Crippen molar-refractivity contribution in [1.29, 1.82) is 0 Å². The van der Waals surface area contributed by atoms with Crippen LogP contribution in [0.25, 0.3) is 0 Å². The summed E-state index contributed by atoms with van der Waals surface area (Å²) in [5, 5.41) is 4.55. The van der Waals surface area contributed by atoms with E-state index in [1.165, 1.54) is 5.41 Å². The Kier molecular flexibility index (Phi) is 5.17. The molecule has 0 aromatic carbocycles. The van der Waals surface area contributed by atoms with Crippen LogP contribution >= 0.6 is 0 Å². The number of nitrogens with zero attached hydrogens (tertiary/aromatic N) is 1. The number of ether oxygens (including phenoxy) is 1. The van der Waals surface area contributed by atoms with Gasteiger partial charge in [-0.25, -0.2) is 13.2 Å². The lowest BCUT2D eigenvalue weighted by Gasteiger charge is -2.34. The lowest BCUT2D eigenvalue weighted by atomic mass is 9.98. The number of likely N-dealkylation sites (tertiary alicyclic amines) is 1. The van der Waals surface area contributed by atoms with E-state index in [1.54, 1.807) is 11.0 Å². The third-order valence-corrected chi connectivity index (χ3v) is 5.17. The molecular formula is C15H26N2O4S. The molecule has 0 saturated carbocycles. The summed E-state index contributed by atoms with van der Waals surface area (Å²) in [6, 6.07) is -0.109. The van der Waals surface area contributed by atoms with Gasteiger partial charge in [-0.2, -0.15) is 0 Å². The Hall–Kier alpha value is -1.08. The van der Waals surface area contributed by atoms with Gasteiger partial charge in [-0.3, -0.25) is 0 Å². The molecule has 2 unspecified atom stereocenters. The Labute approximate surface area is 132 Å². The lowest BCUT2D eigenvalue weighted by molar-refractivity contribution is 0.0166. The maximum absolute atomic E-state index is 12.1. The molecule has 126 valence electrons. The van der Waals surface area contributed by atoms with Crippen LogP contribution in [0.5, 0.6) is 0 Å². The molecule has 1 saturated heterocycles. The number of carbonyl (C=O) groups is 1. The number of sulfone groups is 1. The van der Waals surface area contributed by atoms with Gasteiger partial charge in [-0.1, -0.05) is 6.08 Å². The zero-order valence-corrected chi connectivity index (χ0v) is 14.4. The van der Waals surface area contributed by atoms with Crippen LogP contribution in [0.2, 0.25) is 0 Å². The molecule has 2 aliphatic rings. The Morgan fingerprint density at radius 1 is 1.41 bits per heavy atom. The van der Waals surface area contributed by atoms with Crippen LogP contribution in [0, 0.1) is 5.92 Å². The molecule has 1 amide bonds. The molecule has 2 atom stereocenters. The molecule has 7 heteroatoms. The van der Waals surface area contributed by atoms with Crippen molar-refractivity contribution in [3.63, 3.8) is 0 Å². The van der Waals surface area contributed by atoms with Crippen LogP contribution in [0.3, 0.4) is 0 Å². The summed E-state index contributed by atoms with van der Waals surface area (Å²) in [6.45, 7) is 7.68. The minimum absolute atomic E-state index is 0.109. The Balaban J connectivity index is 1.79. The second-order valence-corrected chi connectivity index (χ2v) is 9.04. The molecule has 2 rings (SSSR count). The summed E-state index contributed by atoms with van der Waals surface area (Å²) in [6.07, 6.45) is 3.42. The van der Waals surface area contributed by atoms with E-state index in [-0.39, 0.29) is 17.9 Å². The fourth-order valence-corrected chi connectivity index (χ4v) is 4.01. The topological polar surface area (TPSA) is 75.7 Å². The molecule has 1 N–H and O–H groups in total. The van der Waals surface area contributed by atoms with Gasteiger partial charge in [0.15, 0.2) is 9.84 Å². The van der Waals surface area contributed by atoms with Crippen molar-refractivity contribution in [3.05, 3.63) is 11.5 Å². The average molecular weight is 330 g/mol. The van der Waals surface area contributed by atoms with E-state index in [1.807, 2.05) is 20.8 Å². The van der Waals surface area contributed by atoms with Gasteiger partial charge in [-0.15, -0.1) is 0 Å². The minimum Gasteiger partial charge on any atom is -0.444 e. The van der Waals surface area contributed by atoms with E-state index in [0.717, 1.165) is 19.4 Å². The predicted molar refractivity (Wildman–Crippen MR) is 85.2 cm³/mol. The highest BCUT2D eigenvalue weighted by molar-refractivity contribution is 7.94. The fourth-order valence-electron chi connectivity index (χ4n) is 2.74. The molecule has 6 nitrogen and oxygen atoms in total. The number of piperidine rings is 1. The van der Waals surface area contributed by atoms with Crippen molar-refractivity contribution in [2.75, 3.05) is 25.4 Å². The monoisotopic (exact) mass is 330 g/mol. The number of carbonyl (C=O) groups excluding carboxylic acids is 1. The van der Waals surface area contributed by atoms with Crippen LogP contribution < -0.4 is 5.32 Å². The Morgan fingerprint density at radius 2 is 2.14 bits per heavy atom. The molecule has 0 aromatic heterocycles. The summed E-state index contributed by atoms with van der Waals surface area (Å²) in [5.74, 6) is 0.466. The second-order valence-electron chi connectivity index (χ2n) is 7.11. The maximum Gasteiger partial charge on any atom is 0.410 e. The van der Waals surface area contributed by atoms with Crippen molar-refractivity contribution in [1.82, 2.24) is 10.2 Å². The maximum atomic E-state index is 12.1. The van der Waals surface area contributed by atoms with Crippen molar-refractivity contribution in [3.8, 4) is 0 Å². The van der Waals surface area contributed by atoms with E-state index in [0.29, 0.717) is 19.0 Å². The van der Waals surface area contributed by atoms with E-state index < -0.39 is 15.4 Å². The van der Waals surface area contributed by atoms with E-state index in [2.05, 4.69) is 5.32 Å². The van der Waals surface area contributed by atoms with Gasteiger partial charge in [0, 0.05) is 31.1 Å². The first kappa shape index (κ1) is 17.3. The van der Waals surface area contributed by atoms with Crippen LogP contribution in [-0.2, 0) is 14.6 Å². The van der Waals surface area contributed by atoms with Crippen molar-refractivity contribution in [2.45, 2.75) is 45.3 Å². The summed E-state index contributed by atoms with van der Waals surface area (Å²) in [7, 11) is -3.02. The van der Waals surface area contributed by atoms with Gasteiger partial charge >= 0.3 is 6.09 Å². The quantitative estimate of drug-likeness (QED) is 0.849. The molecule has 0 radical (unpaired) electrons. The summed E-state index contributed by atoms with van der Waals surface area (Å²) >= 11 is 0. The molecule has 22 heavy (non-hydrogen) atoms. The van der Waals surface area contributed by atoms with Crippen molar-refractivity contribution in [2.24, 2.45) is 5.92 Å². The molecule has 2 aliphatic heterocycles. The van der Waals surface area contributed by atoms with E-state index >= 15 is 0 Å². The zero-order chi connectivity index (χ0) is 16.4. The van der Waals surface area contributed by atoms with Gasteiger partial charge in [0.05, 0.1) is 5.75 Å². The molecule has 0 spiro atoms. The molecular weight excluding hydrogens is 304 g/mol. The van der Waals surface area contributed by atoms with Crippen LogP contribution in [0.15, 0.2) is 11.5 Å². The highest BCUT2D eigenvalue weighted by Crippen LogP contribution is 2.19. The van der Waals surface area contributed by atoms with Gasteiger partial charge in [-0.05, 0) is 39.5 Å². The molecule has 2 heterocycles. The highest BCUT2D eigenvalue weighted by atomic mass is 32.2. The normalized spacial score (nSPS) is 27.9.